The number of nitrogens with zero attached hydrogens (tertiary/aromatic N) is 4. The van der Waals surface area contributed by atoms with E-state index >= 15 is 0 Å². The lowest BCUT2D eigenvalue weighted by atomic mass is 10.5. The van der Waals surface area contributed by atoms with Crippen molar-refractivity contribution in [3.05, 3.63) is 11.5 Å². The maximum absolute atomic E-state index is 10.9. The fraction of sp³-hybridized carbons (Fsp3) is 0.222. The molecule has 2 aromatic rings. The Morgan fingerprint density at radius 2 is 2.22 bits per heavy atom. The Morgan fingerprint density at radius 3 is 2.83 bits per heavy atom. The zero-order valence-corrected chi connectivity index (χ0v) is 9.97. The van der Waals surface area contributed by atoms with E-state index in [0.29, 0.717) is 0 Å². The third-order valence-electron chi connectivity index (χ3n) is 2.01. The highest BCUT2D eigenvalue weighted by atomic mass is 35.5. The Kier molecular flexibility index (Phi) is 3.11. The van der Waals surface area contributed by atoms with Crippen molar-refractivity contribution in [2.75, 3.05) is 5.32 Å². The van der Waals surface area contributed by atoms with Gasteiger partial charge < -0.3 is 9.67 Å². The number of aliphatic carboxylic acids is 1. The lowest BCUT2D eigenvalue weighted by molar-refractivity contribution is -0.137. The molecule has 0 atom stereocenters. The Labute approximate surface area is 106 Å². The smallest absolute Gasteiger partial charge is 0.323 e. The predicted octanol–water partition coefficient (Wildman–Crippen LogP) is 0.523. The standard InChI is InChI=1S/C9H8ClN5O3/c1-4(16)12-9-13-7(10)6-8(14-9)15(3-11-6)2-5(17)18/h3H,2H2,1H3,(H,17,18)(H,12,13,14,16). The molecule has 0 aliphatic carbocycles. The van der Waals surface area contributed by atoms with Crippen LogP contribution in [0.1, 0.15) is 6.92 Å². The number of carboxylic acid groups (broad SMARTS) is 1. The normalized spacial score (nSPS) is 10.6. The number of fused-ring (bicyclic) bond motifs is 1. The van der Waals surface area contributed by atoms with Crippen molar-refractivity contribution >= 4 is 40.6 Å². The largest absolute Gasteiger partial charge is 0.480 e. The zero-order chi connectivity index (χ0) is 13.3. The molecule has 2 N–H and O–H groups in total. The molecule has 0 saturated carbocycles. The molecule has 0 radical (unpaired) electrons. The van der Waals surface area contributed by atoms with Gasteiger partial charge in [0.1, 0.15) is 12.1 Å². The van der Waals surface area contributed by atoms with Crippen molar-refractivity contribution < 1.29 is 14.7 Å². The monoisotopic (exact) mass is 269 g/mol. The van der Waals surface area contributed by atoms with Crippen LogP contribution in [0.4, 0.5) is 5.95 Å². The summed E-state index contributed by atoms with van der Waals surface area (Å²) < 4.78 is 1.30. The van der Waals surface area contributed by atoms with Crippen LogP contribution in [0.3, 0.4) is 0 Å². The van der Waals surface area contributed by atoms with E-state index in [0.717, 1.165) is 0 Å². The molecular weight excluding hydrogens is 262 g/mol. The zero-order valence-electron chi connectivity index (χ0n) is 9.21. The van der Waals surface area contributed by atoms with Crippen LogP contribution in [-0.4, -0.2) is 36.5 Å². The van der Waals surface area contributed by atoms with Crippen LogP contribution in [0, 0.1) is 0 Å². The number of carbonyl (C=O) groups excluding carboxylic acids is 1. The number of imidazole rings is 1. The minimum absolute atomic E-state index is 0.00661. The number of nitrogens with one attached hydrogen (secondary N) is 1. The van der Waals surface area contributed by atoms with E-state index in [9.17, 15) is 9.59 Å². The topological polar surface area (TPSA) is 110 Å². The van der Waals surface area contributed by atoms with Gasteiger partial charge in [0.15, 0.2) is 10.8 Å². The molecule has 2 rings (SSSR count). The van der Waals surface area contributed by atoms with Crippen LogP contribution < -0.4 is 5.32 Å². The lowest BCUT2D eigenvalue weighted by Crippen LogP contribution is -2.12. The van der Waals surface area contributed by atoms with Crippen molar-refractivity contribution in [2.45, 2.75) is 13.5 Å². The fourth-order valence-electron chi connectivity index (χ4n) is 1.38. The molecule has 2 heterocycles. The molecule has 0 spiro atoms. The second-order valence-electron chi connectivity index (χ2n) is 3.46. The van der Waals surface area contributed by atoms with Gasteiger partial charge in [-0.15, -0.1) is 0 Å². The van der Waals surface area contributed by atoms with Gasteiger partial charge in [0.05, 0.1) is 6.33 Å². The molecule has 0 unspecified atom stereocenters. The average Bonchev–Trinajstić information content (AvgIpc) is 2.60. The first-order chi connectivity index (χ1) is 8.47. The first kappa shape index (κ1) is 12.2. The summed E-state index contributed by atoms with van der Waals surface area (Å²) in [6, 6.07) is 0. The van der Waals surface area contributed by atoms with Crippen LogP contribution in [0.5, 0.6) is 0 Å². The summed E-state index contributed by atoms with van der Waals surface area (Å²) in [6.45, 7) is 0.999. The van der Waals surface area contributed by atoms with E-state index in [-0.39, 0.29) is 34.7 Å². The van der Waals surface area contributed by atoms with Crippen molar-refractivity contribution in [2.24, 2.45) is 0 Å². The molecule has 0 aliphatic heterocycles. The van der Waals surface area contributed by atoms with Gasteiger partial charge in [-0.1, -0.05) is 11.6 Å². The third-order valence-corrected chi connectivity index (χ3v) is 2.28. The Morgan fingerprint density at radius 1 is 1.50 bits per heavy atom. The minimum atomic E-state index is -1.04. The van der Waals surface area contributed by atoms with Crippen molar-refractivity contribution in [1.82, 2.24) is 19.5 Å². The number of carboxylic acids is 1. The summed E-state index contributed by atoms with van der Waals surface area (Å²) in [6.07, 6.45) is 1.30. The summed E-state index contributed by atoms with van der Waals surface area (Å²) in [4.78, 5) is 33.3. The second kappa shape index (κ2) is 4.57. The molecule has 8 nitrogen and oxygen atoms in total. The van der Waals surface area contributed by atoms with Crippen LogP contribution in [0.2, 0.25) is 5.15 Å². The highest BCUT2D eigenvalue weighted by Crippen LogP contribution is 2.20. The van der Waals surface area contributed by atoms with Gasteiger partial charge >= 0.3 is 5.97 Å². The van der Waals surface area contributed by atoms with Gasteiger partial charge in [-0.2, -0.15) is 9.97 Å². The van der Waals surface area contributed by atoms with Crippen LogP contribution >= 0.6 is 11.6 Å². The molecule has 0 saturated heterocycles. The number of hydrogen-bond donors (Lipinski definition) is 2. The highest BCUT2D eigenvalue weighted by molar-refractivity contribution is 6.33. The quantitative estimate of drug-likeness (QED) is 0.786. The van der Waals surface area contributed by atoms with Crippen LogP contribution in [0.15, 0.2) is 6.33 Å². The van der Waals surface area contributed by atoms with E-state index in [1.165, 1.54) is 17.8 Å². The SMILES string of the molecule is CC(=O)Nc1nc(Cl)c2ncn(CC(=O)O)c2n1. The summed E-state index contributed by atoms with van der Waals surface area (Å²) in [5.41, 5.74) is 0.535. The minimum Gasteiger partial charge on any atom is -0.480 e. The Bertz CT molecular complexity index is 638. The molecule has 18 heavy (non-hydrogen) atoms. The Balaban J connectivity index is 2.53. The molecule has 2 aromatic heterocycles. The number of hydrogen-bond acceptors (Lipinski definition) is 5. The fourth-order valence-corrected chi connectivity index (χ4v) is 1.60. The molecular formula is C9H8ClN5O3. The van der Waals surface area contributed by atoms with E-state index in [1.54, 1.807) is 0 Å². The molecule has 94 valence electrons. The maximum atomic E-state index is 10.9. The molecule has 0 bridgehead atoms. The lowest BCUT2D eigenvalue weighted by Gasteiger charge is -2.03. The van der Waals surface area contributed by atoms with Crippen molar-refractivity contribution in [1.29, 1.82) is 0 Å². The van der Waals surface area contributed by atoms with E-state index < -0.39 is 5.97 Å². The van der Waals surface area contributed by atoms with Crippen LogP contribution in [0.25, 0.3) is 11.2 Å². The van der Waals surface area contributed by atoms with Gasteiger partial charge in [0.2, 0.25) is 11.9 Å². The molecule has 0 fully saturated rings. The van der Waals surface area contributed by atoms with E-state index in [2.05, 4.69) is 20.3 Å². The van der Waals surface area contributed by atoms with Crippen molar-refractivity contribution in [3.8, 4) is 0 Å². The van der Waals surface area contributed by atoms with E-state index in [4.69, 9.17) is 16.7 Å². The first-order valence-electron chi connectivity index (χ1n) is 4.85. The summed E-state index contributed by atoms with van der Waals surface area (Å²) in [7, 11) is 0. The Hall–Kier alpha value is -2.22. The number of amides is 1. The molecule has 0 aromatic carbocycles. The maximum Gasteiger partial charge on any atom is 0.323 e. The third kappa shape index (κ3) is 2.38. The summed E-state index contributed by atoms with van der Waals surface area (Å²) in [5, 5.41) is 11.2. The number of aromatic nitrogens is 4. The number of halogens is 1. The second-order valence-corrected chi connectivity index (χ2v) is 3.82. The summed E-state index contributed by atoms with van der Waals surface area (Å²) in [5.74, 6) is -1.38. The van der Waals surface area contributed by atoms with Crippen molar-refractivity contribution in [3.63, 3.8) is 0 Å². The van der Waals surface area contributed by atoms with Gasteiger partial charge in [-0.3, -0.25) is 14.9 Å². The average molecular weight is 270 g/mol. The van der Waals surface area contributed by atoms with Gasteiger partial charge in [0.25, 0.3) is 0 Å². The molecule has 9 heteroatoms. The molecule has 1 amide bonds. The van der Waals surface area contributed by atoms with Crippen LogP contribution in [-0.2, 0) is 16.1 Å². The number of rotatable bonds is 3. The van der Waals surface area contributed by atoms with Gasteiger partial charge in [-0.05, 0) is 0 Å². The first-order valence-corrected chi connectivity index (χ1v) is 5.23. The highest BCUT2D eigenvalue weighted by Gasteiger charge is 2.13. The predicted molar refractivity (Wildman–Crippen MR) is 62.3 cm³/mol. The van der Waals surface area contributed by atoms with Gasteiger partial charge in [-0.25, -0.2) is 4.98 Å². The van der Waals surface area contributed by atoms with Gasteiger partial charge in [0, 0.05) is 6.92 Å². The number of carbonyl (C=O) groups is 2. The summed E-state index contributed by atoms with van der Waals surface area (Å²) >= 11 is 5.87. The number of anilines is 1. The van der Waals surface area contributed by atoms with E-state index in [1.807, 2.05) is 0 Å². The molecule has 0 aliphatic rings.